The number of nitrogens with zero attached hydrogens (tertiary/aromatic N) is 4. The van der Waals surface area contributed by atoms with E-state index in [2.05, 4.69) is 21.5 Å². The van der Waals surface area contributed by atoms with E-state index in [1.54, 1.807) is 0 Å². The number of nitro benzene ring substituents is 2. The summed E-state index contributed by atoms with van der Waals surface area (Å²) in [5.74, 6) is 0. The zero-order valence-electron chi connectivity index (χ0n) is 15.2. The highest BCUT2D eigenvalue weighted by molar-refractivity contribution is 6.13. The summed E-state index contributed by atoms with van der Waals surface area (Å²) in [6.07, 6.45) is 2.88. The van der Waals surface area contributed by atoms with Crippen LogP contribution in [0.5, 0.6) is 0 Å². The van der Waals surface area contributed by atoms with Crippen LogP contribution in [0.1, 0.15) is 12.0 Å². The molecule has 144 valence electrons. The van der Waals surface area contributed by atoms with Crippen LogP contribution in [0, 0.1) is 20.2 Å². The van der Waals surface area contributed by atoms with Crippen molar-refractivity contribution in [2.75, 3.05) is 25.6 Å². The molecule has 9 nitrogen and oxygen atoms in total. The molecule has 28 heavy (non-hydrogen) atoms. The number of rotatable bonds is 6. The zero-order valence-corrected chi connectivity index (χ0v) is 15.2. The van der Waals surface area contributed by atoms with Crippen LogP contribution in [-0.4, -0.2) is 40.6 Å². The van der Waals surface area contributed by atoms with E-state index >= 15 is 0 Å². The highest BCUT2D eigenvalue weighted by atomic mass is 16.6. The van der Waals surface area contributed by atoms with Gasteiger partial charge >= 0.3 is 5.69 Å². The maximum Gasteiger partial charge on any atom is 0.301 e. The van der Waals surface area contributed by atoms with Crippen molar-refractivity contribution in [1.29, 1.82) is 0 Å². The smallest absolute Gasteiger partial charge is 0.301 e. The van der Waals surface area contributed by atoms with E-state index in [1.165, 1.54) is 12.1 Å². The van der Waals surface area contributed by atoms with E-state index in [0.29, 0.717) is 5.71 Å². The predicted octanol–water partition coefficient (Wildman–Crippen LogP) is 3.58. The second-order valence-corrected chi connectivity index (χ2v) is 6.40. The number of nitrogens with one attached hydrogen (secondary N) is 1. The van der Waals surface area contributed by atoms with Gasteiger partial charge in [0.25, 0.3) is 5.69 Å². The average molecular weight is 381 g/mol. The Hall–Kier alpha value is -3.59. The quantitative estimate of drug-likeness (QED) is 0.465. The summed E-state index contributed by atoms with van der Waals surface area (Å²) in [6.45, 7) is 1.67. The summed E-state index contributed by atoms with van der Waals surface area (Å²) in [6, 6.07) is 13.0. The largest absolute Gasteiger partial charge is 0.302 e. The maximum atomic E-state index is 11.3. The predicted molar refractivity (Wildman–Crippen MR) is 107 cm³/mol. The lowest BCUT2D eigenvalue weighted by Crippen LogP contribution is -2.26. The van der Waals surface area contributed by atoms with Gasteiger partial charge in [0.05, 0.1) is 21.6 Å². The van der Waals surface area contributed by atoms with Gasteiger partial charge in [-0.3, -0.25) is 25.7 Å². The Labute approximate surface area is 161 Å². The van der Waals surface area contributed by atoms with Gasteiger partial charge < -0.3 is 4.90 Å². The van der Waals surface area contributed by atoms with E-state index in [9.17, 15) is 20.2 Å². The van der Waals surface area contributed by atoms with Crippen LogP contribution < -0.4 is 5.43 Å². The van der Waals surface area contributed by atoms with Crippen LogP contribution in [0.15, 0.2) is 65.3 Å². The number of likely N-dealkylation sites (N-methyl/N-ethyl adjacent to an activating group) is 1. The van der Waals surface area contributed by atoms with Gasteiger partial charge in [0.2, 0.25) is 0 Å². The van der Waals surface area contributed by atoms with E-state index < -0.39 is 15.5 Å². The molecule has 0 amide bonds. The summed E-state index contributed by atoms with van der Waals surface area (Å²) in [5.41, 5.74) is 4.71. The number of non-ortho nitro benzene ring substituents is 1. The molecule has 0 bridgehead atoms. The monoisotopic (exact) mass is 381 g/mol. The molecular weight excluding hydrogens is 362 g/mol. The topological polar surface area (TPSA) is 114 Å². The third-order valence-corrected chi connectivity index (χ3v) is 4.44. The van der Waals surface area contributed by atoms with E-state index in [4.69, 9.17) is 0 Å². The molecule has 1 N–H and O–H groups in total. The minimum atomic E-state index is -0.668. The van der Waals surface area contributed by atoms with E-state index in [-0.39, 0.29) is 11.4 Å². The molecule has 0 spiro atoms. The van der Waals surface area contributed by atoms with Gasteiger partial charge in [-0.2, -0.15) is 5.10 Å². The molecule has 0 aromatic heterocycles. The molecule has 1 aliphatic heterocycles. The average Bonchev–Trinajstić information content (AvgIpc) is 2.70. The Bertz CT molecular complexity index is 956. The van der Waals surface area contributed by atoms with Gasteiger partial charge in [0.1, 0.15) is 5.69 Å². The lowest BCUT2D eigenvalue weighted by Gasteiger charge is -2.23. The second kappa shape index (κ2) is 8.40. The Morgan fingerprint density at radius 3 is 2.46 bits per heavy atom. The summed E-state index contributed by atoms with van der Waals surface area (Å²) < 4.78 is 0. The number of benzene rings is 2. The highest BCUT2D eigenvalue weighted by Gasteiger charge is 2.20. The minimum Gasteiger partial charge on any atom is -0.302 e. The van der Waals surface area contributed by atoms with Gasteiger partial charge in [-0.25, -0.2) is 0 Å². The molecular formula is C19H19N5O4. The van der Waals surface area contributed by atoms with Crippen LogP contribution in [0.3, 0.4) is 0 Å². The van der Waals surface area contributed by atoms with Gasteiger partial charge in [0.15, 0.2) is 0 Å². The maximum absolute atomic E-state index is 11.3. The molecule has 2 aromatic carbocycles. The van der Waals surface area contributed by atoms with Gasteiger partial charge in [-0.15, -0.1) is 0 Å². The summed E-state index contributed by atoms with van der Waals surface area (Å²) >= 11 is 0. The van der Waals surface area contributed by atoms with Crippen LogP contribution >= 0.6 is 0 Å². The number of nitro groups is 2. The fraction of sp³-hybridized carbons (Fsp3) is 0.211. The molecule has 3 rings (SSSR count). The summed E-state index contributed by atoms with van der Waals surface area (Å²) in [5, 5.41) is 26.7. The van der Waals surface area contributed by atoms with Crippen molar-refractivity contribution >= 4 is 22.8 Å². The summed E-state index contributed by atoms with van der Waals surface area (Å²) in [4.78, 5) is 23.1. The fourth-order valence-electron chi connectivity index (χ4n) is 2.90. The normalized spacial score (nSPS) is 15.0. The molecule has 9 heteroatoms. The SMILES string of the molecule is CN1CC=C(/C(=N\Nc2ccc([N+](=O)[O-])cc2[N+](=O)[O-])c2ccccc2)CC1. The Balaban J connectivity index is 1.98. The lowest BCUT2D eigenvalue weighted by molar-refractivity contribution is -0.393. The number of hydrazone groups is 1. The molecule has 1 aliphatic rings. The first-order valence-electron chi connectivity index (χ1n) is 8.65. The molecule has 0 saturated carbocycles. The molecule has 0 fully saturated rings. The molecule has 0 saturated heterocycles. The third-order valence-electron chi connectivity index (χ3n) is 4.44. The van der Waals surface area contributed by atoms with E-state index in [0.717, 1.165) is 36.7 Å². The van der Waals surface area contributed by atoms with Crippen LogP contribution in [-0.2, 0) is 0 Å². The van der Waals surface area contributed by atoms with Crippen molar-refractivity contribution in [1.82, 2.24) is 4.90 Å². The Kier molecular flexibility index (Phi) is 5.75. The lowest BCUT2D eigenvalue weighted by atomic mass is 9.97. The first-order valence-corrected chi connectivity index (χ1v) is 8.65. The molecule has 0 radical (unpaired) electrons. The number of anilines is 1. The first-order chi connectivity index (χ1) is 13.5. The number of hydrogen-bond acceptors (Lipinski definition) is 7. The molecule has 0 atom stereocenters. The fourth-order valence-corrected chi connectivity index (χ4v) is 2.90. The third kappa shape index (κ3) is 4.38. The minimum absolute atomic E-state index is 0.0950. The standard InChI is InChI=1S/C19H19N5O4/c1-22-11-9-15(10-12-22)19(14-5-3-2-4-6-14)21-20-17-8-7-16(23(25)26)13-18(17)24(27)28/h2-9,13,20H,10-12H2,1H3/b21-19-. The van der Waals surface area contributed by atoms with E-state index in [1.807, 2.05) is 37.4 Å². The van der Waals surface area contributed by atoms with Gasteiger partial charge in [-0.05, 0) is 25.1 Å². The van der Waals surface area contributed by atoms with Crippen molar-refractivity contribution in [2.24, 2.45) is 5.10 Å². The molecule has 1 heterocycles. The van der Waals surface area contributed by atoms with Crippen LogP contribution in [0.4, 0.5) is 17.1 Å². The van der Waals surface area contributed by atoms with Crippen molar-refractivity contribution in [3.8, 4) is 0 Å². The zero-order chi connectivity index (χ0) is 20.1. The van der Waals surface area contributed by atoms with Crippen molar-refractivity contribution in [2.45, 2.75) is 6.42 Å². The Morgan fingerprint density at radius 1 is 1.11 bits per heavy atom. The van der Waals surface area contributed by atoms with Crippen LogP contribution in [0.2, 0.25) is 0 Å². The van der Waals surface area contributed by atoms with Crippen molar-refractivity contribution in [3.63, 3.8) is 0 Å². The molecule has 0 unspecified atom stereocenters. The highest BCUT2D eigenvalue weighted by Crippen LogP contribution is 2.29. The second-order valence-electron chi connectivity index (χ2n) is 6.40. The van der Waals surface area contributed by atoms with Gasteiger partial charge in [-0.1, -0.05) is 36.4 Å². The summed E-state index contributed by atoms with van der Waals surface area (Å²) in [7, 11) is 2.03. The molecule has 0 aliphatic carbocycles. The van der Waals surface area contributed by atoms with Crippen LogP contribution in [0.25, 0.3) is 0 Å². The first kappa shape index (κ1) is 19.2. The van der Waals surface area contributed by atoms with Crippen molar-refractivity contribution < 1.29 is 9.85 Å². The number of hydrogen-bond donors (Lipinski definition) is 1. The Morgan fingerprint density at radius 2 is 1.86 bits per heavy atom. The van der Waals surface area contributed by atoms with Crippen molar-refractivity contribution in [3.05, 3.63) is 86.0 Å². The van der Waals surface area contributed by atoms with Gasteiger partial charge in [0, 0.05) is 24.7 Å². The molecule has 2 aromatic rings.